The second-order valence-corrected chi connectivity index (χ2v) is 10.3. The Hall–Kier alpha value is -4.29. The summed E-state index contributed by atoms with van der Waals surface area (Å²) in [6, 6.07) is 7.85. The number of benzene rings is 4. The molecule has 12 heteroatoms. The summed E-state index contributed by atoms with van der Waals surface area (Å²) in [5, 5.41) is 0. The van der Waals surface area contributed by atoms with Gasteiger partial charge in [0, 0.05) is 28.7 Å². The topological polar surface area (TPSA) is 27.7 Å². The van der Waals surface area contributed by atoms with Crippen LogP contribution in [-0.4, -0.2) is 13.2 Å². The van der Waals surface area contributed by atoms with Crippen LogP contribution in [0, 0.1) is 46.6 Å². The van der Waals surface area contributed by atoms with Crippen LogP contribution in [0.15, 0.2) is 73.3 Å². The lowest BCUT2D eigenvalue weighted by atomic mass is 9.99. The minimum absolute atomic E-state index is 0.0365. The molecule has 1 heterocycles. The number of alkyl halides is 2. The van der Waals surface area contributed by atoms with E-state index in [1.165, 1.54) is 6.07 Å². The van der Waals surface area contributed by atoms with Gasteiger partial charge < -0.3 is 14.2 Å². The number of ether oxygens (including phenoxy) is 3. The van der Waals surface area contributed by atoms with Crippen LogP contribution in [-0.2, 0) is 15.6 Å². The Morgan fingerprint density at radius 2 is 1.27 bits per heavy atom. The van der Waals surface area contributed by atoms with Gasteiger partial charge in [0.25, 0.3) is 0 Å². The zero-order valence-corrected chi connectivity index (χ0v) is 23.2. The van der Waals surface area contributed by atoms with Gasteiger partial charge in [0.1, 0.15) is 34.6 Å². The predicted molar refractivity (Wildman–Crippen MR) is 146 cm³/mol. The highest BCUT2D eigenvalue weighted by molar-refractivity contribution is 5.72. The summed E-state index contributed by atoms with van der Waals surface area (Å²) in [5.41, 5.74) is -2.89. The number of hydrogen-bond acceptors (Lipinski definition) is 3. The molecule has 0 spiro atoms. The van der Waals surface area contributed by atoms with Crippen molar-refractivity contribution in [3.63, 3.8) is 0 Å². The van der Waals surface area contributed by atoms with Crippen LogP contribution >= 0.6 is 0 Å². The number of rotatable bonds is 9. The summed E-state index contributed by atoms with van der Waals surface area (Å²) in [5.74, 6) is -11.1. The van der Waals surface area contributed by atoms with Gasteiger partial charge >= 0.3 is 6.11 Å². The first-order valence-electron chi connectivity index (χ1n) is 13.5. The molecule has 4 aromatic carbocycles. The van der Waals surface area contributed by atoms with E-state index in [1.54, 1.807) is 6.08 Å². The van der Waals surface area contributed by atoms with Crippen LogP contribution in [0.5, 0.6) is 5.75 Å². The van der Waals surface area contributed by atoms with Gasteiger partial charge in [-0.25, -0.2) is 30.7 Å². The minimum atomic E-state index is -4.59. The van der Waals surface area contributed by atoms with Gasteiger partial charge in [-0.3, -0.25) is 0 Å². The Morgan fingerprint density at radius 3 is 1.84 bits per heavy atom. The van der Waals surface area contributed by atoms with Crippen molar-refractivity contribution in [1.29, 1.82) is 0 Å². The summed E-state index contributed by atoms with van der Waals surface area (Å²) in [6.45, 7) is 4.09. The summed E-state index contributed by atoms with van der Waals surface area (Å²) < 4.78 is 145. The summed E-state index contributed by atoms with van der Waals surface area (Å²) >= 11 is 0. The van der Waals surface area contributed by atoms with Crippen LogP contribution in [0.3, 0.4) is 0 Å². The second kappa shape index (κ2) is 13.0. The molecular formula is C33H23F9O3. The van der Waals surface area contributed by atoms with Gasteiger partial charge in [0.15, 0.2) is 23.7 Å². The van der Waals surface area contributed by atoms with Crippen LogP contribution in [0.25, 0.3) is 22.3 Å². The van der Waals surface area contributed by atoms with Crippen molar-refractivity contribution in [2.45, 2.75) is 25.2 Å². The van der Waals surface area contributed by atoms with Gasteiger partial charge in [0.2, 0.25) is 0 Å². The largest absolute Gasteiger partial charge is 0.432 e. The number of allylic oxidation sites excluding steroid dienone is 1. The first kappa shape index (κ1) is 32.1. The monoisotopic (exact) mass is 638 g/mol. The van der Waals surface area contributed by atoms with Crippen molar-refractivity contribution >= 4 is 0 Å². The molecule has 1 fully saturated rings. The first-order valence-corrected chi connectivity index (χ1v) is 13.5. The fraction of sp³-hybridized carbons (Fsp3) is 0.212. The maximum atomic E-state index is 15.0. The van der Waals surface area contributed by atoms with E-state index < -0.39 is 64.4 Å². The maximum Gasteiger partial charge on any atom is 0.432 e. The zero-order valence-electron chi connectivity index (χ0n) is 23.2. The van der Waals surface area contributed by atoms with Crippen LogP contribution in [0.4, 0.5) is 39.5 Å². The van der Waals surface area contributed by atoms with Crippen LogP contribution in [0.1, 0.15) is 30.3 Å². The Bertz CT molecular complexity index is 1690. The molecule has 0 aliphatic carbocycles. The molecule has 5 rings (SSSR count). The standard InChI is InChI=1S/C33H23F9O3/c1-2-3-4-17-15-43-32(44-16-17)20-12-26(36)30(27(37)13-20)33(41,42)45-21-6-8-22(25(35)14-21)18-5-7-23(24(34)9-18)19-10-28(38)31(40)29(39)11-19/h2,5-14,17,32H,1,3-4,15-16H2. The third-order valence-electron chi connectivity index (χ3n) is 7.13. The van der Waals surface area contributed by atoms with E-state index >= 15 is 0 Å². The lowest BCUT2D eigenvalue weighted by Gasteiger charge is -2.30. The third kappa shape index (κ3) is 6.86. The smallest absolute Gasteiger partial charge is 0.429 e. The first-order chi connectivity index (χ1) is 21.4. The molecule has 0 saturated carbocycles. The lowest BCUT2D eigenvalue weighted by Crippen LogP contribution is -2.28. The summed E-state index contributed by atoms with van der Waals surface area (Å²) in [4.78, 5) is 0. The van der Waals surface area contributed by atoms with E-state index in [1.807, 2.05) is 0 Å². The molecule has 3 nitrogen and oxygen atoms in total. The molecule has 1 saturated heterocycles. The van der Waals surface area contributed by atoms with Gasteiger partial charge in [-0.2, -0.15) is 8.78 Å². The quantitative estimate of drug-likeness (QED) is 0.104. The molecule has 0 amide bonds. The molecule has 0 atom stereocenters. The van der Waals surface area contributed by atoms with Crippen LogP contribution in [0.2, 0.25) is 0 Å². The normalized spacial score (nSPS) is 16.9. The second-order valence-electron chi connectivity index (χ2n) is 10.3. The highest BCUT2D eigenvalue weighted by atomic mass is 19.3. The molecule has 0 aromatic heterocycles. The van der Waals surface area contributed by atoms with E-state index in [-0.39, 0.29) is 46.9 Å². The van der Waals surface area contributed by atoms with Crippen molar-refractivity contribution in [2.75, 3.05) is 13.2 Å². The molecule has 1 aliphatic heterocycles. The fourth-order valence-electron chi connectivity index (χ4n) is 4.88. The van der Waals surface area contributed by atoms with Crippen molar-refractivity contribution < 1.29 is 53.7 Å². The Morgan fingerprint density at radius 1 is 0.711 bits per heavy atom. The number of halogens is 9. The predicted octanol–water partition coefficient (Wildman–Crippen LogP) is 9.75. The molecule has 1 aliphatic rings. The van der Waals surface area contributed by atoms with E-state index in [2.05, 4.69) is 11.3 Å². The molecule has 0 radical (unpaired) electrons. The van der Waals surface area contributed by atoms with E-state index in [0.29, 0.717) is 30.3 Å². The summed E-state index contributed by atoms with van der Waals surface area (Å²) in [6.07, 6.45) is -2.57. The highest BCUT2D eigenvalue weighted by Gasteiger charge is 2.42. The third-order valence-corrected chi connectivity index (χ3v) is 7.13. The van der Waals surface area contributed by atoms with Crippen molar-refractivity contribution in [1.82, 2.24) is 0 Å². The van der Waals surface area contributed by atoms with Gasteiger partial charge in [-0.1, -0.05) is 18.2 Å². The molecule has 0 unspecified atom stereocenters. The van der Waals surface area contributed by atoms with Crippen molar-refractivity contribution in [3.05, 3.63) is 125 Å². The summed E-state index contributed by atoms with van der Waals surface area (Å²) in [7, 11) is 0. The average molecular weight is 639 g/mol. The molecular weight excluding hydrogens is 615 g/mol. The maximum absolute atomic E-state index is 15.0. The van der Waals surface area contributed by atoms with E-state index in [4.69, 9.17) is 9.47 Å². The highest BCUT2D eigenvalue weighted by Crippen LogP contribution is 2.39. The van der Waals surface area contributed by atoms with Crippen LogP contribution < -0.4 is 4.74 Å². The van der Waals surface area contributed by atoms with Crippen molar-refractivity contribution in [2.24, 2.45) is 5.92 Å². The molecule has 236 valence electrons. The Labute approximate surface area is 251 Å². The zero-order chi connectivity index (χ0) is 32.5. The van der Waals surface area contributed by atoms with E-state index in [0.717, 1.165) is 37.1 Å². The van der Waals surface area contributed by atoms with Gasteiger partial charge in [-0.15, -0.1) is 6.58 Å². The number of hydrogen-bond donors (Lipinski definition) is 0. The minimum Gasteiger partial charge on any atom is -0.429 e. The van der Waals surface area contributed by atoms with Gasteiger partial charge in [0.05, 0.1) is 13.2 Å². The van der Waals surface area contributed by atoms with Gasteiger partial charge in [-0.05, 0) is 66.4 Å². The van der Waals surface area contributed by atoms with E-state index in [9.17, 15) is 39.5 Å². The average Bonchev–Trinajstić information content (AvgIpc) is 2.98. The molecule has 0 N–H and O–H groups in total. The molecule has 45 heavy (non-hydrogen) atoms. The Kier molecular flexibility index (Phi) is 9.26. The fourth-order valence-corrected chi connectivity index (χ4v) is 4.88. The molecule has 4 aromatic rings. The SMILES string of the molecule is C=CCCC1COC(c2cc(F)c(C(F)(F)Oc3ccc(-c4ccc(-c5cc(F)c(F)c(F)c5)c(F)c4)c(F)c3)c(F)c2)OC1. The Balaban J connectivity index is 1.32. The van der Waals surface area contributed by atoms with Crippen molar-refractivity contribution in [3.8, 4) is 28.0 Å². The lowest BCUT2D eigenvalue weighted by molar-refractivity contribution is -0.206. The molecule has 0 bridgehead atoms.